The molecule has 4 heteroatoms. The molecule has 0 bridgehead atoms. The number of benzene rings is 1. The van der Waals surface area contributed by atoms with E-state index in [2.05, 4.69) is 23.8 Å². The van der Waals surface area contributed by atoms with E-state index in [-0.39, 0.29) is 0 Å². The lowest BCUT2D eigenvalue weighted by Crippen LogP contribution is -1.99. The average molecular weight is 257 g/mol. The molecule has 2 rings (SSSR count). The standard InChI is InChI=1S/C15H19N3O/c1-10(2)13-7-15(18-9-17-13)19-14-6-12(8-16)5-4-11(14)3/h4-7,9-10H,8,16H2,1-3H3. The summed E-state index contributed by atoms with van der Waals surface area (Å²) < 4.78 is 5.84. The SMILES string of the molecule is Cc1ccc(CN)cc1Oc1cc(C(C)C)ncn1. The fraction of sp³-hybridized carbons (Fsp3) is 0.333. The molecule has 0 aliphatic rings. The normalized spacial score (nSPS) is 10.8. The average Bonchev–Trinajstić information content (AvgIpc) is 2.41. The zero-order chi connectivity index (χ0) is 13.8. The van der Waals surface area contributed by atoms with Crippen molar-refractivity contribution in [1.82, 2.24) is 9.97 Å². The first-order valence-corrected chi connectivity index (χ1v) is 6.39. The lowest BCUT2D eigenvalue weighted by atomic mass is 10.1. The molecular weight excluding hydrogens is 238 g/mol. The third kappa shape index (κ3) is 3.29. The maximum absolute atomic E-state index is 5.84. The molecule has 0 spiro atoms. The molecule has 0 saturated carbocycles. The number of ether oxygens (including phenoxy) is 1. The van der Waals surface area contributed by atoms with Crippen LogP contribution in [0.15, 0.2) is 30.6 Å². The Morgan fingerprint density at radius 3 is 2.68 bits per heavy atom. The van der Waals surface area contributed by atoms with Gasteiger partial charge in [-0.25, -0.2) is 9.97 Å². The predicted octanol–water partition coefficient (Wildman–Crippen LogP) is 3.16. The van der Waals surface area contributed by atoms with Gasteiger partial charge in [0.25, 0.3) is 0 Å². The summed E-state index contributed by atoms with van der Waals surface area (Å²) in [5.41, 5.74) is 8.71. The highest BCUT2D eigenvalue weighted by Crippen LogP contribution is 2.25. The van der Waals surface area contributed by atoms with Gasteiger partial charge in [-0.2, -0.15) is 0 Å². The van der Waals surface area contributed by atoms with Crippen LogP contribution in [0.25, 0.3) is 0 Å². The summed E-state index contributed by atoms with van der Waals surface area (Å²) in [7, 11) is 0. The Bertz CT molecular complexity index is 567. The molecule has 1 aromatic heterocycles. The van der Waals surface area contributed by atoms with Gasteiger partial charge in [0.05, 0.1) is 5.69 Å². The topological polar surface area (TPSA) is 61.0 Å². The van der Waals surface area contributed by atoms with Gasteiger partial charge in [0.2, 0.25) is 5.88 Å². The molecule has 0 amide bonds. The summed E-state index contributed by atoms with van der Waals surface area (Å²) in [5.74, 6) is 1.70. The van der Waals surface area contributed by atoms with Gasteiger partial charge in [0.15, 0.2) is 0 Å². The van der Waals surface area contributed by atoms with Crippen molar-refractivity contribution in [3.05, 3.63) is 47.4 Å². The quantitative estimate of drug-likeness (QED) is 0.914. The van der Waals surface area contributed by atoms with Gasteiger partial charge in [-0.3, -0.25) is 0 Å². The second-order valence-corrected chi connectivity index (χ2v) is 4.84. The molecule has 0 saturated heterocycles. The fourth-order valence-electron chi connectivity index (χ4n) is 1.72. The number of aromatic nitrogens is 2. The van der Waals surface area contributed by atoms with Crippen molar-refractivity contribution in [3.8, 4) is 11.6 Å². The molecule has 0 aliphatic carbocycles. The monoisotopic (exact) mass is 257 g/mol. The molecule has 0 aliphatic heterocycles. The number of hydrogen-bond donors (Lipinski definition) is 1. The summed E-state index contributed by atoms with van der Waals surface area (Å²) >= 11 is 0. The van der Waals surface area contributed by atoms with E-state index in [0.29, 0.717) is 18.3 Å². The molecule has 2 N–H and O–H groups in total. The van der Waals surface area contributed by atoms with E-state index >= 15 is 0 Å². The molecule has 0 fully saturated rings. The second kappa shape index (κ2) is 5.80. The first kappa shape index (κ1) is 13.5. The number of nitrogens with two attached hydrogens (primary N) is 1. The number of hydrogen-bond acceptors (Lipinski definition) is 4. The van der Waals surface area contributed by atoms with Gasteiger partial charge in [-0.15, -0.1) is 0 Å². The summed E-state index contributed by atoms with van der Waals surface area (Å²) in [6, 6.07) is 7.83. The maximum Gasteiger partial charge on any atom is 0.222 e. The van der Waals surface area contributed by atoms with E-state index in [1.165, 1.54) is 6.33 Å². The number of rotatable bonds is 4. The molecule has 100 valence electrons. The Balaban J connectivity index is 2.28. The Kier molecular flexibility index (Phi) is 4.12. The molecule has 0 atom stereocenters. The van der Waals surface area contributed by atoms with Gasteiger partial charge in [0.1, 0.15) is 12.1 Å². The number of nitrogens with zero attached hydrogens (tertiary/aromatic N) is 2. The molecule has 0 unspecified atom stereocenters. The van der Waals surface area contributed by atoms with E-state index in [4.69, 9.17) is 10.5 Å². The van der Waals surface area contributed by atoms with Crippen molar-refractivity contribution in [2.75, 3.05) is 0 Å². The summed E-state index contributed by atoms with van der Waals surface area (Å²) in [6.07, 6.45) is 1.53. The third-order valence-corrected chi connectivity index (χ3v) is 2.96. The van der Waals surface area contributed by atoms with Gasteiger partial charge in [-0.1, -0.05) is 26.0 Å². The van der Waals surface area contributed by atoms with Crippen LogP contribution in [-0.4, -0.2) is 9.97 Å². The smallest absolute Gasteiger partial charge is 0.222 e. The Morgan fingerprint density at radius 2 is 2.00 bits per heavy atom. The highest BCUT2D eigenvalue weighted by atomic mass is 16.5. The van der Waals surface area contributed by atoms with Crippen LogP contribution in [0.1, 0.15) is 36.6 Å². The van der Waals surface area contributed by atoms with Crippen molar-refractivity contribution in [2.24, 2.45) is 5.73 Å². The summed E-state index contributed by atoms with van der Waals surface area (Å²) in [5, 5.41) is 0. The first-order valence-electron chi connectivity index (χ1n) is 6.39. The van der Waals surface area contributed by atoms with Crippen LogP contribution in [0.5, 0.6) is 11.6 Å². The van der Waals surface area contributed by atoms with Gasteiger partial charge in [-0.05, 0) is 30.0 Å². The zero-order valence-electron chi connectivity index (χ0n) is 11.6. The van der Waals surface area contributed by atoms with Crippen LogP contribution in [-0.2, 0) is 6.54 Å². The van der Waals surface area contributed by atoms with Gasteiger partial charge >= 0.3 is 0 Å². The van der Waals surface area contributed by atoms with Crippen molar-refractivity contribution in [2.45, 2.75) is 33.2 Å². The van der Waals surface area contributed by atoms with Gasteiger partial charge < -0.3 is 10.5 Å². The zero-order valence-corrected chi connectivity index (χ0v) is 11.6. The summed E-state index contributed by atoms with van der Waals surface area (Å²) in [6.45, 7) is 6.68. The van der Waals surface area contributed by atoms with Gasteiger partial charge in [0, 0.05) is 12.6 Å². The lowest BCUT2D eigenvalue weighted by molar-refractivity contribution is 0.455. The van der Waals surface area contributed by atoms with Crippen molar-refractivity contribution in [3.63, 3.8) is 0 Å². The van der Waals surface area contributed by atoms with E-state index in [1.807, 2.05) is 31.2 Å². The largest absolute Gasteiger partial charge is 0.439 e. The fourth-order valence-corrected chi connectivity index (χ4v) is 1.72. The van der Waals surface area contributed by atoms with E-state index in [9.17, 15) is 0 Å². The molecule has 2 aromatic rings. The van der Waals surface area contributed by atoms with Crippen LogP contribution in [0.2, 0.25) is 0 Å². The predicted molar refractivity (Wildman–Crippen MR) is 75.3 cm³/mol. The minimum absolute atomic E-state index is 0.349. The van der Waals surface area contributed by atoms with Crippen LogP contribution >= 0.6 is 0 Å². The van der Waals surface area contributed by atoms with Crippen LogP contribution in [0.3, 0.4) is 0 Å². The van der Waals surface area contributed by atoms with E-state index in [0.717, 1.165) is 22.6 Å². The minimum Gasteiger partial charge on any atom is -0.439 e. The highest BCUT2D eigenvalue weighted by Gasteiger charge is 2.07. The Morgan fingerprint density at radius 1 is 1.21 bits per heavy atom. The van der Waals surface area contributed by atoms with Crippen molar-refractivity contribution in [1.29, 1.82) is 0 Å². The third-order valence-electron chi connectivity index (χ3n) is 2.96. The van der Waals surface area contributed by atoms with Crippen LogP contribution in [0, 0.1) is 6.92 Å². The molecule has 1 aromatic carbocycles. The highest BCUT2D eigenvalue weighted by molar-refractivity contribution is 5.38. The molecular formula is C15H19N3O. The number of aryl methyl sites for hydroxylation is 1. The molecule has 0 radical (unpaired) electrons. The lowest BCUT2D eigenvalue weighted by Gasteiger charge is -2.11. The Labute approximate surface area is 113 Å². The summed E-state index contributed by atoms with van der Waals surface area (Å²) in [4.78, 5) is 8.37. The van der Waals surface area contributed by atoms with E-state index < -0.39 is 0 Å². The molecule has 1 heterocycles. The van der Waals surface area contributed by atoms with Crippen molar-refractivity contribution >= 4 is 0 Å². The van der Waals surface area contributed by atoms with E-state index in [1.54, 1.807) is 0 Å². The molecule has 4 nitrogen and oxygen atoms in total. The first-order chi connectivity index (χ1) is 9.10. The molecule has 19 heavy (non-hydrogen) atoms. The van der Waals surface area contributed by atoms with Crippen LogP contribution in [0.4, 0.5) is 0 Å². The minimum atomic E-state index is 0.349. The maximum atomic E-state index is 5.84. The Hall–Kier alpha value is -1.94. The van der Waals surface area contributed by atoms with Crippen molar-refractivity contribution < 1.29 is 4.74 Å². The second-order valence-electron chi connectivity index (χ2n) is 4.84. The van der Waals surface area contributed by atoms with Crippen LogP contribution < -0.4 is 10.5 Å².